The molecule has 5 rings (SSSR count). The van der Waals surface area contributed by atoms with Gasteiger partial charge in [0.05, 0.1) is 30.1 Å². The molecule has 7 nitrogen and oxygen atoms in total. The van der Waals surface area contributed by atoms with Crippen molar-refractivity contribution in [2.75, 3.05) is 32.7 Å². The minimum Gasteiger partial charge on any atom is -0.350 e. The fourth-order valence-corrected chi connectivity index (χ4v) is 4.63. The van der Waals surface area contributed by atoms with E-state index in [2.05, 4.69) is 15.2 Å². The van der Waals surface area contributed by atoms with Crippen molar-refractivity contribution in [3.63, 3.8) is 0 Å². The number of halogens is 2. The molecule has 0 aliphatic carbocycles. The number of carbonyl (C=O) groups excluding carboxylic acids is 2. The molecule has 4 heterocycles. The Morgan fingerprint density at radius 2 is 1.94 bits per heavy atom. The van der Waals surface area contributed by atoms with Gasteiger partial charge in [-0.25, -0.2) is 9.37 Å². The van der Waals surface area contributed by atoms with Gasteiger partial charge in [-0.3, -0.25) is 14.5 Å². The van der Waals surface area contributed by atoms with Gasteiger partial charge in [0, 0.05) is 30.4 Å². The summed E-state index contributed by atoms with van der Waals surface area (Å²) in [5.74, 6) is -0.212. The lowest BCUT2D eigenvalue weighted by Gasteiger charge is -2.33. The van der Waals surface area contributed by atoms with Crippen LogP contribution in [0.3, 0.4) is 0 Å². The summed E-state index contributed by atoms with van der Waals surface area (Å²) in [5.41, 5.74) is 1.48. The van der Waals surface area contributed by atoms with E-state index >= 15 is 0 Å². The second-order valence-corrected chi connectivity index (χ2v) is 9.13. The zero-order chi connectivity index (χ0) is 23.9. The number of hydrogen-bond donors (Lipinski definition) is 1. The van der Waals surface area contributed by atoms with Crippen LogP contribution in [0, 0.1) is 5.82 Å². The van der Waals surface area contributed by atoms with Crippen molar-refractivity contribution in [3.05, 3.63) is 71.5 Å². The van der Waals surface area contributed by atoms with Crippen LogP contribution in [0.1, 0.15) is 36.0 Å². The van der Waals surface area contributed by atoms with Crippen molar-refractivity contribution >= 4 is 28.9 Å². The molecule has 2 aromatic heterocycles. The number of piperidine rings is 1. The Labute approximate surface area is 203 Å². The number of imidazole rings is 1. The van der Waals surface area contributed by atoms with Crippen molar-refractivity contribution in [2.45, 2.75) is 31.7 Å². The quantitative estimate of drug-likeness (QED) is 0.612. The number of nitrogens with one attached hydrogen (secondary N) is 1. The van der Waals surface area contributed by atoms with E-state index in [1.54, 1.807) is 24.7 Å². The normalized spacial score (nSPS) is 18.4. The van der Waals surface area contributed by atoms with Crippen LogP contribution in [0.2, 0.25) is 5.02 Å². The Morgan fingerprint density at radius 3 is 2.68 bits per heavy atom. The van der Waals surface area contributed by atoms with Crippen LogP contribution in [0.5, 0.6) is 0 Å². The Kier molecular flexibility index (Phi) is 8.13. The average Bonchev–Trinajstić information content (AvgIpc) is 3.51. The number of fused-ring (bicyclic) bond motifs is 1. The lowest BCUT2D eigenvalue weighted by Crippen LogP contribution is -2.51. The summed E-state index contributed by atoms with van der Waals surface area (Å²) in [6.45, 7) is 3.79. The summed E-state index contributed by atoms with van der Waals surface area (Å²) < 4.78 is 13.9. The lowest BCUT2D eigenvalue weighted by atomic mass is 10.0. The molecule has 2 saturated heterocycles. The van der Waals surface area contributed by atoms with Crippen molar-refractivity contribution < 1.29 is 14.0 Å². The number of aromatic nitrogens is 2. The highest BCUT2D eigenvalue weighted by Gasteiger charge is 2.27. The highest BCUT2D eigenvalue weighted by Crippen LogP contribution is 2.17. The van der Waals surface area contributed by atoms with E-state index < -0.39 is 0 Å². The SMILES string of the molecule is Fc1cccc(Cl)c1.O=C(CN1CCCC1)NC1CCCN(C(=O)c2cccn3cncc23)C1. The Hall–Kier alpha value is -2.97. The van der Waals surface area contributed by atoms with Crippen LogP contribution in [0.25, 0.3) is 5.52 Å². The van der Waals surface area contributed by atoms with Crippen molar-refractivity contribution in [1.29, 1.82) is 0 Å². The van der Waals surface area contributed by atoms with E-state index in [-0.39, 0.29) is 23.7 Å². The first-order chi connectivity index (χ1) is 16.5. The monoisotopic (exact) mass is 485 g/mol. The summed E-state index contributed by atoms with van der Waals surface area (Å²) in [7, 11) is 0. The van der Waals surface area contributed by atoms with E-state index in [1.165, 1.54) is 25.0 Å². The van der Waals surface area contributed by atoms with Crippen molar-refractivity contribution in [1.82, 2.24) is 24.5 Å². The van der Waals surface area contributed by atoms with Crippen molar-refractivity contribution in [3.8, 4) is 0 Å². The summed E-state index contributed by atoms with van der Waals surface area (Å²) in [6.07, 6.45) is 9.49. The minimum absolute atomic E-state index is 0.00888. The van der Waals surface area contributed by atoms with E-state index in [0.717, 1.165) is 38.0 Å². The summed E-state index contributed by atoms with van der Waals surface area (Å²) in [5, 5.41) is 3.56. The lowest BCUT2D eigenvalue weighted by molar-refractivity contribution is -0.123. The third-order valence-corrected chi connectivity index (χ3v) is 6.34. The molecule has 2 amide bonds. The minimum atomic E-state index is -0.294. The summed E-state index contributed by atoms with van der Waals surface area (Å²) >= 11 is 5.40. The number of likely N-dealkylation sites (tertiary alicyclic amines) is 2. The highest BCUT2D eigenvalue weighted by molar-refractivity contribution is 6.30. The molecule has 0 spiro atoms. The number of benzene rings is 1. The maximum atomic E-state index is 13.0. The molecule has 2 aliphatic heterocycles. The van der Waals surface area contributed by atoms with E-state index in [9.17, 15) is 14.0 Å². The first kappa shape index (κ1) is 24.2. The smallest absolute Gasteiger partial charge is 0.256 e. The van der Waals surface area contributed by atoms with E-state index in [4.69, 9.17) is 11.6 Å². The summed E-state index contributed by atoms with van der Waals surface area (Å²) in [4.78, 5) is 33.4. The molecular weight excluding hydrogens is 457 g/mol. The van der Waals surface area contributed by atoms with Gasteiger partial charge in [0.25, 0.3) is 5.91 Å². The first-order valence-corrected chi connectivity index (χ1v) is 12.0. The van der Waals surface area contributed by atoms with Gasteiger partial charge in [0.15, 0.2) is 0 Å². The third-order valence-electron chi connectivity index (χ3n) is 6.11. The molecule has 9 heteroatoms. The molecule has 1 N–H and O–H groups in total. The number of rotatable bonds is 4. The molecule has 180 valence electrons. The van der Waals surface area contributed by atoms with Gasteiger partial charge in [0.2, 0.25) is 5.91 Å². The van der Waals surface area contributed by atoms with Gasteiger partial charge in [-0.1, -0.05) is 17.7 Å². The van der Waals surface area contributed by atoms with Crippen LogP contribution in [-0.2, 0) is 4.79 Å². The van der Waals surface area contributed by atoms with Crippen LogP contribution < -0.4 is 5.32 Å². The number of pyridine rings is 1. The van der Waals surface area contributed by atoms with Gasteiger partial charge in [-0.2, -0.15) is 0 Å². The number of hydrogen-bond acceptors (Lipinski definition) is 4. The molecule has 1 atom stereocenters. The molecule has 3 aromatic rings. The van der Waals surface area contributed by atoms with Crippen LogP contribution in [0.4, 0.5) is 4.39 Å². The van der Waals surface area contributed by atoms with E-state index in [0.29, 0.717) is 23.7 Å². The molecule has 0 saturated carbocycles. The van der Waals surface area contributed by atoms with Gasteiger partial charge in [-0.15, -0.1) is 0 Å². The molecule has 0 radical (unpaired) electrons. The Bertz CT molecular complexity index is 1110. The fraction of sp³-hybridized carbons (Fsp3) is 0.400. The van der Waals surface area contributed by atoms with Crippen LogP contribution in [0.15, 0.2) is 55.1 Å². The molecule has 2 fully saturated rings. The topological polar surface area (TPSA) is 70.0 Å². The molecule has 34 heavy (non-hydrogen) atoms. The zero-order valence-corrected chi connectivity index (χ0v) is 19.8. The zero-order valence-electron chi connectivity index (χ0n) is 19.0. The predicted molar refractivity (Wildman–Crippen MR) is 129 cm³/mol. The maximum absolute atomic E-state index is 13.0. The Balaban J connectivity index is 0.000000291. The van der Waals surface area contributed by atoms with Gasteiger partial charge in [0.1, 0.15) is 5.82 Å². The largest absolute Gasteiger partial charge is 0.350 e. The molecule has 2 aliphatic rings. The number of nitrogens with zero attached hydrogens (tertiary/aromatic N) is 4. The second kappa shape index (κ2) is 11.4. The van der Waals surface area contributed by atoms with Crippen LogP contribution in [-0.4, -0.2) is 69.8 Å². The number of carbonyl (C=O) groups is 2. The van der Waals surface area contributed by atoms with Gasteiger partial charge in [-0.05, 0) is 69.1 Å². The standard InChI is InChI=1S/C19H25N5O2.C6H4ClF/c25-18(13-22-7-1-2-8-22)21-15-5-3-9-23(12-15)19(26)16-6-4-10-24-14-20-11-17(16)24;7-5-2-1-3-6(8)4-5/h4,6,10-11,14-15H,1-3,5,7-9,12-13H2,(H,21,25);1-4H. The first-order valence-electron chi connectivity index (χ1n) is 11.6. The molecular formula is C25H29ClFN5O2. The Morgan fingerprint density at radius 1 is 1.12 bits per heavy atom. The third kappa shape index (κ3) is 6.33. The molecule has 1 aromatic carbocycles. The highest BCUT2D eigenvalue weighted by atomic mass is 35.5. The van der Waals surface area contributed by atoms with Crippen molar-refractivity contribution in [2.24, 2.45) is 0 Å². The fourth-order valence-electron chi connectivity index (χ4n) is 4.46. The molecule has 0 bridgehead atoms. The second-order valence-electron chi connectivity index (χ2n) is 8.69. The van der Waals surface area contributed by atoms with Gasteiger partial charge >= 0.3 is 0 Å². The maximum Gasteiger partial charge on any atom is 0.256 e. The molecule has 1 unspecified atom stereocenters. The van der Waals surface area contributed by atoms with Crippen LogP contribution >= 0.6 is 11.6 Å². The predicted octanol–water partition coefficient (Wildman–Crippen LogP) is 3.63. The number of amides is 2. The average molecular weight is 486 g/mol. The van der Waals surface area contributed by atoms with Gasteiger partial charge < -0.3 is 14.6 Å². The van der Waals surface area contributed by atoms with E-state index in [1.807, 2.05) is 27.6 Å². The summed E-state index contributed by atoms with van der Waals surface area (Å²) in [6, 6.07) is 9.55.